The van der Waals surface area contributed by atoms with E-state index in [4.69, 9.17) is 4.98 Å². The van der Waals surface area contributed by atoms with Crippen molar-refractivity contribution in [1.29, 1.82) is 0 Å². The number of thioether (sulfide) groups is 1. The first-order valence-electron chi connectivity index (χ1n) is 8.05. The van der Waals surface area contributed by atoms with Crippen LogP contribution < -0.4 is 4.90 Å². The molecule has 24 heavy (non-hydrogen) atoms. The topological polar surface area (TPSA) is 41.9 Å². The molecular weight excluding hydrogens is 316 g/mol. The Morgan fingerprint density at radius 1 is 1.00 bits per heavy atom. The third kappa shape index (κ3) is 2.87. The van der Waals surface area contributed by atoms with Crippen LogP contribution in [0.3, 0.4) is 0 Å². The summed E-state index contributed by atoms with van der Waals surface area (Å²) >= 11 is 1.56. The Morgan fingerprint density at radius 2 is 1.88 bits per heavy atom. The summed E-state index contributed by atoms with van der Waals surface area (Å²) in [5.41, 5.74) is 3.42. The molecule has 0 amide bonds. The summed E-state index contributed by atoms with van der Waals surface area (Å²) in [5.74, 6) is 1.95. The summed E-state index contributed by atoms with van der Waals surface area (Å²) in [6.45, 7) is 0.934. The number of hydrogen-bond acceptors (Lipinski definition) is 5. The summed E-state index contributed by atoms with van der Waals surface area (Å²) < 4.78 is 0. The molecule has 3 heterocycles. The van der Waals surface area contributed by atoms with Gasteiger partial charge in [0.15, 0.2) is 5.16 Å². The largest absolute Gasteiger partial charge is 0.311 e. The van der Waals surface area contributed by atoms with E-state index in [1.807, 2.05) is 36.7 Å². The van der Waals surface area contributed by atoms with Gasteiger partial charge in [-0.25, -0.2) is 15.0 Å². The summed E-state index contributed by atoms with van der Waals surface area (Å²) in [5, 5.41) is 0.791. The molecule has 4 rings (SSSR count). The Kier molecular flexibility index (Phi) is 4.17. The van der Waals surface area contributed by atoms with Crippen LogP contribution in [0.4, 0.5) is 11.6 Å². The molecule has 120 valence electrons. The van der Waals surface area contributed by atoms with E-state index in [9.17, 15) is 0 Å². The van der Waals surface area contributed by atoms with Crippen molar-refractivity contribution in [2.45, 2.75) is 18.0 Å². The van der Waals surface area contributed by atoms with Crippen LogP contribution in [-0.2, 0) is 6.42 Å². The maximum absolute atomic E-state index is 4.96. The first kappa shape index (κ1) is 15.1. The van der Waals surface area contributed by atoms with Crippen LogP contribution in [0.25, 0.3) is 11.3 Å². The maximum atomic E-state index is 4.96. The molecule has 5 heteroatoms. The van der Waals surface area contributed by atoms with Crippen LogP contribution in [0.5, 0.6) is 0 Å². The molecule has 0 fully saturated rings. The Balaban J connectivity index is 1.78. The van der Waals surface area contributed by atoms with Gasteiger partial charge in [-0.1, -0.05) is 48.2 Å². The highest BCUT2D eigenvalue weighted by molar-refractivity contribution is 7.98. The van der Waals surface area contributed by atoms with E-state index in [0.717, 1.165) is 47.4 Å². The first-order valence-corrected chi connectivity index (χ1v) is 9.27. The fourth-order valence-corrected chi connectivity index (χ4v) is 3.36. The number of hydrogen-bond donors (Lipinski definition) is 0. The van der Waals surface area contributed by atoms with Crippen molar-refractivity contribution in [3.8, 4) is 11.3 Å². The quantitative estimate of drug-likeness (QED) is 0.526. The van der Waals surface area contributed by atoms with E-state index in [-0.39, 0.29) is 0 Å². The Hall–Kier alpha value is -2.40. The minimum atomic E-state index is 0.791. The van der Waals surface area contributed by atoms with Crippen LogP contribution in [0.2, 0.25) is 0 Å². The number of rotatable bonds is 3. The molecule has 0 saturated heterocycles. The standard InChI is InChI=1S/C19H18N4S/c1-24-19-20-12-11-17(22-19)23-13-5-8-15-9-10-16(21-18(15)23)14-6-3-2-4-7-14/h2-4,6-7,9-12H,5,8,13H2,1H3. The third-order valence-corrected chi connectivity index (χ3v) is 4.75. The second kappa shape index (κ2) is 6.61. The number of pyridine rings is 1. The van der Waals surface area contributed by atoms with Crippen molar-refractivity contribution in [2.75, 3.05) is 17.7 Å². The van der Waals surface area contributed by atoms with Gasteiger partial charge in [0, 0.05) is 18.3 Å². The highest BCUT2D eigenvalue weighted by Crippen LogP contribution is 2.33. The molecule has 2 aromatic heterocycles. The monoisotopic (exact) mass is 334 g/mol. The minimum absolute atomic E-state index is 0.791. The van der Waals surface area contributed by atoms with Crippen molar-refractivity contribution in [1.82, 2.24) is 15.0 Å². The minimum Gasteiger partial charge on any atom is -0.311 e. The summed E-state index contributed by atoms with van der Waals surface area (Å²) in [7, 11) is 0. The molecule has 1 aliphatic heterocycles. The van der Waals surface area contributed by atoms with E-state index in [1.165, 1.54) is 5.56 Å². The lowest BCUT2D eigenvalue weighted by Crippen LogP contribution is -2.26. The second-order valence-corrected chi connectivity index (χ2v) is 6.48. The first-order chi connectivity index (χ1) is 11.8. The Morgan fingerprint density at radius 3 is 2.71 bits per heavy atom. The van der Waals surface area contributed by atoms with Gasteiger partial charge in [-0.3, -0.25) is 0 Å². The van der Waals surface area contributed by atoms with Gasteiger partial charge in [0.25, 0.3) is 0 Å². The Bertz CT molecular complexity index is 851. The molecule has 0 spiro atoms. The predicted octanol–water partition coefficient (Wildman–Crippen LogP) is 4.34. The van der Waals surface area contributed by atoms with Crippen LogP contribution in [0.1, 0.15) is 12.0 Å². The summed E-state index contributed by atoms with van der Waals surface area (Å²) in [6.07, 6.45) is 5.99. The van der Waals surface area contributed by atoms with Crippen LogP contribution in [-0.4, -0.2) is 27.8 Å². The van der Waals surface area contributed by atoms with Crippen molar-refractivity contribution in [3.05, 3.63) is 60.3 Å². The average Bonchev–Trinajstić information content (AvgIpc) is 2.68. The molecule has 3 aromatic rings. The SMILES string of the molecule is CSc1nccc(N2CCCc3ccc(-c4ccccc4)nc32)n1. The van der Waals surface area contributed by atoms with Crippen molar-refractivity contribution in [3.63, 3.8) is 0 Å². The lowest BCUT2D eigenvalue weighted by atomic mass is 10.0. The van der Waals surface area contributed by atoms with Crippen molar-refractivity contribution < 1.29 is 0 Å². The fourth-order valence-electron chi connectivity index (χ4n) is 3.01. The third-order valence-electron chi connectivity index (χ3n) is 4.19. The lowest BCUT2D eigenvalue weighted by molar-refractivity contribution is 0.739. The van der Waals surface area contributed by atoms with E-state index >= 15 is 0 Å². The number of fused-ring (bicyclic) bond motifs is 1. The maximum Gasteiger partial charge on any atom is 0.189 e. The zero-order valence-electron chi connectivity index (χ0n) is 13.5. The van der Waals surface area contributed by atoms with Gasteiger partial charge in [-0.15, -0.1) is 0 Å². The smallest absolute Gasteiger partial charge is 0.189 e. The Labute approximate surface area is 146 Å². The fraction of sp³-hybridized carbons (Fsp3) is 0.211. The molecule has 0 aliphatic carbocycles. The van der Waals surface area contributed by atoms with Gasteiger partial charge in [0.05, 0.1) is 5.69 Å². The van der Waals surface area contributed by atoms with Gasteiger partial charge in [0.1, 0.15) is 11.6 Å². The van der Waals surface area contributed by atoms with Gasteiger partial charge < -0.3 is 4.90 Å². The predicted molar refractivity (Wildman–Crippen MR) is 98.8 cm³/mol. The molecule has 0 unspecified atom stereocenters. The highest BCUT2D eigenvalue weighted by Gasteiger charge is 2.21. The molecule has 0 bridgehead atoms. The number of benzene rings is 1. The average molecular weight is 334 g/mol. The highest BCUT2D eigenvalue weighted by atomic mass is 32.2. The molecule has 0 N–H and O–H groups in total. The summed E-state index contributed by atoms with van der Waals surface area (Å²) in [6, 6.07) is 16.6. The molecule has 4 nitrogen and oxygen atoms in total. The van der Waals surface area contributed by atoms with Gasteiger partial charge in [0.2, 0.25) is 0 Å². The zero-order chi connectivity index (χ0) is 16.4. The number of aryl methyl sites for hydroxylation is 1. The molecule has 0 saturated carbocycles. The lowest BCUT2D eigenvalue weighted by Gasteiger charge is -2.29. The molecular formula is C19H18N4S. The van der Waals surface area contributed by atoms with E-state index < -0.39 is 0 Å². The molecule has 1 aliphatic rings. The van der Waals surface area contributed by atoms with E-state index in [1.54, 1.807) is 11.8 Å². The molecule has 1 aromatic carbocycles. The van der Waals surface area contributed by atoms with Gasteiger partial charge in [-0.05, 0) is 36.8 Å². The van der Waals surface area contributed by atoms with Crippen LogP contribution in [0, 0.1) is 0 Å². The van der Waals surface area contributed by atoms with Crippen molar-refractivity contribution >= 4 is 23.4 Å². The van der Waals surface area contributed by atoms with Crippen molar-refractivity contribution in [2.24, 2.45) is 0 Å². The summed E-state index contributed by atoms with van der Waals surface area (Å²) in [4.78, 5) is 16.1. The van der Waals surface area contributed by atoms with Gasteiger partial charge >= 0.3 is 0 Å². The van der Waals surface area contributed by atoms with Crippen LogP contribution in [0.15, 0.2) is 59.9 Å². The molecule has 0 radical (unpaired) electrons. The normalized spacial score (nSPS) is 13.6. The zero-order valence-corrected chi connectivity index (χ0v) is 14.3. The number of nitrogens with zero attached hydrogens (tertiary/aromatic N) is 4. The molecule has 0 atom stereocenters. The number of anilines is 2. The van der Waals surface area contributed by atoms with Gasteiger partial charge in [-0.2, -0.15) is 0 Å². The van der Waals surface area contributed by atoms with E-state index in [0.29, 0.717) is 0 Å². The van der Waals surface area contributed by atoms with Crippen LogP contribution >= 0.6 is 11.8 Å². The second-order valence-electron chi connectivity index (χ2n) is 5.70. The van der Waals surface area contributed by atoms with E-state index in [2.05, 4.69) is 39.1 Å². The number of aromatic nitrogens is 3.